The van der Waals surface area contributed by atoms with Gasteiger partial charge in [-0.2, -0.15) is 0 Å². The van der Waals surface area contributed by atoms with E-state index in [0.29, 0.717) is 22.4 Å². The number of rotatable bonds is 6. The first-order valence-electron chi connectivity index (χ1n) is 9.68. The molecule has 0 aliphatic carbocycles. The molecule has 4 rings (SSSR count). The molecule has 1 atom stereocenters. The Kier molecular flexibility index (Phi) is 6.04. The number of nitrogens with zero attached hydrogens (tertiary/aromatic N) is 2. The standard InChI is InChI=1S/C22H23ClN2O3S/c1-14-5-3-6-17(9-14)28-13-20(26)25(12-18-7-4-8-27-18)22-24-21-15(2)10-16(23)11-19(21)29-22/h3,5-6,9-11,18H,4,7-8,12-13H2,1-2H3. The van der Waals surface area contributed by atoms with Gasteiger partial charge in [-0.3, -0.25) is 9.69 Å². The number of hydrogen-bond donors (Lipinski definition) is 0. The van der Waals surface area contributed by atoms with E-state index in [1.807, 2.05) is 50.2 Å². The largest absolute Gasteiger partial charge is 0.484 e. The monoisotopic (exact) mass is 430 g/mol. The van der Waals surface area contributed by atoms with Gasteiger partial charge in [0.15, 0.2) is 11.7 Å². The van der Waals surface area contributed by atoms with Gasteiger partial charge in [-0.25, -0.2) is 4.98 Å². The first-order valence-corrected chi connectivity index (χ1v) is 10.9. The van der Waals surface area contributed by atoms with Crippen LogP contribution < -0.4 is 9.64 Å². The summed E-state index contributed by atoms with van der Waals surface area (Å²) in [7, 11) is 0. The van der Waals surface area contributed by atoms with Gasteiger partial charge in [0.1, 0.15) is 5.75 Å². The Labute approximate surface area is 179 Å². The summed E-state index contributed by atoms with van der Waals surface area (Å²) in [6, 6.07) is 11.5. The number of fused-ring (bicyclic) bond motifs is 1. The van der Waals surface area contributed by atoms with E-state index < -0.39 is 0 Å². The second-order valence-corrected chi connectivity index (χ2v) is 8.76. The van der Waals surface area contributed by atoms with Crippen LogP contribution in [-0.2, 0) is 9.53 Å². The molecule has 2 aromatic carbocycles. The minimum Gasteiger partial charge on any atom is -0.484 e. The van der Waals surface area contributed by atoms with Crippen LogP contribution in [0.3, 0.4) is 0 Å². The fourth-order valence-corrected chi connectivity index (χ4v) is 4.91. The van der Waals surface area contributed by atoms with Crippen LogP contribution in [0.15, 0.2) is 36.4 Å². The Hall–Kier alpha value is -2.15. The Morgan fingerprint density at radius 2 is 2.21 bits per heavy atom. The molecule has 0 radical (unpaired) electrons. The topological polar surface area (TPSA) is 51.7 Å². The number of carbonyl (C=O) groups excluding carboxylic acids is 1. The lowest BCUT2D eigenvalue weighted by Crippen LogP contribution is -2.40. The third-order valence-electron chi connectivity index (χ3n) is 4.93. The molecule has 3 aromatic rings. The maximum Gasteiger partial charge on any atom is 0.266 e. The number of halogens is 1. The number of anilines is 1. The van der Waals surface area contributed by atoms with E-state index in [0.717, 1.165) is 40.8 Å². The fraction of sp³-hybridized carbons (Fsp3) is 0.364. The third kappa shape index (κ3) is 4.71. The van der Waals surface area contributed by atoms with Crippen molar-refractivity contribution in [2.45, 2.75) is 32.8 Å². The smallest absolute Gasteiger partial charge is 0.266 e. The molecule has 2 heterocycles. The highest BCUT2D eigenvalue weighted by molar-refractivity contribution is 7.22. The molecule has 1 amide bonds. The molecule has 1 aliphatic rings. The molecular formula is C22H23ClN2O3S. The first-order chi connectivity index (χ1) is 14.0. The summed E-state index contributed by atoms with van der Waals surface area (Å²) in [5.41, 5.74) is 2.96. The van der Waals surface area contributed by atoms with Crippen LogP contribution in [0.2, 0.25) is 5.02 Å². The summed E-state index contributed by atoms with van der Waals surface area (Å²) in [5, 5.41) is 1.32. The highest BCUT2D eigenvalue weighted by Crippen LogP contribution is 2.33. The van der Waals surface area contributed by atoms with Crippen molar-refractivity contribution in [2.75, 3.05) is 24.7 Å². The summed E-state index contributed by atoms with van der Waals surface area (Å²) < 4.78 is 12.5. The Morgan fingerprint density at radius 1 is 1.34 bits per heavy atom. The number of thiazole rings is 1. The lowest BCUT2D eigenvalue weighted by Gasteiger charge is -2.23. The normalized spacial score (nSPS) is 16.3. The van der Waals surface area contributed by atoms with Crippen molar-refractivity contribution in [1.82, 2.24) is 4.98 Å². The van der Waals surface area contributed by atoms with Crippen molar-refractivity contribution in [2.24, 2.45) is 0 Å². The van der Waals surface area contributed by atoms with Gasteiger partial charge in [0.25, 0.3) is 5.91 Å². The summed E-state index contributed by atoms with van der Waals surface area (Å²) in [4.78, 5) is 19.5. The number of amides is 1. The van der Waals surface area contributed by atoms with Gasteiger partial charge in [-0.15, -0.1) is 0 Å². The van der Waals surface area contributed by atoms with Gasteiger partial charge in [-0.05, 0) is 62.1 Å². The average molecular weight is 431 g/mol. The molecule has 0 saturated carbocycles. The second kappa shape index (κ2) is 8.69. The molecule has 1 fully saturated rings. The summed E-state index contributed by atoms with van der Waals surface area (Å²) in [5.74, 6) is 0.548. The summed E-state index contributed by atoms with van der Waals surface area (Å²) in [6.07, 6.45) is 1.98. The molecule has 1 unspecified atom stereocenters. The molecule has 1 aliphatic heterocycles. The highest BCUT2D eigenvalue weighted by Gasteiger charge is 2.26. The number of hydrogen-bond acceptors (Lipinski definition) is 5. The molecule has 0 spiro atoms. The lowest BCUT2D eigenvalue weighted by molar-refractivity contribution is -0.120. The Bertz CT molecular complexity index is 1030. The number of aromatic nitrogens is 1. The van der Waals surface area contributed by atoms with E-state index in [-0.39, 0.29) is 18.6 Å². The number of aryl methyl sites for hydroxylation is 2. The van der Waals surface area contributed by atoms with Crippen LogP contribution in [0.25, 0.3) is 10.2 Å². The fourth-order valence-electron chi connectivity index (χ4n) is 3.46. The molecular weight excluding hydrogens is 408 g/mol. The van der Waals surface area contributed by atoms with Crippen LogP contribution in [0.1, 0.15) is 24.0 Å². The van der Waals surface area contributed by atoms with Gasteiger partial charge >= 0.3 is 0 Å². The number of ether oxygens (including phenoxy) is 2. The van der Waals surface area contributed by atoms with Gasteiger partial charge in [0, 0.05) is 11.6 Å². The maximum absolute atomic E-state index is 13.1. The first kappa shape index (κ1) is 20.1. The van der Waals surface area contributed by atoms with Gasteiger partial charge in [-0.1, -0.05) is 35.1 Å². The molecule has 0 N–H and O–H groups in total. The Morgan fingerprint density at radius 3 is 2.97 bits per heavy atom. The van der Waals surface area contributed by atoms with Crippen molar-refractivity contribution < 1.29 is 14.3 Å². The molecule has 1 saturated heterocycles. The highest BCUT2D eigenvalue weighted by atomic mass is 35.5. The number of benzene rings is 2. The van der Waals surface area contributed by atoms with E-state index >= 15 is 0 Å². The molecule has 152 valence electrons. The van der Waals surface area contributed by atoms with Crippen molar-refractivity contribution in [1.29, 1.82) is 0 Å². The SMILES string of the molecule is Cc1cccc(OCC(=O)N(CC2CCCO2)c2nc3c(C)cc(Cl)cc3s2)c1. The van der Waals surface area contributed by atoms with E-state index in [2.05, 4.69) is 0 Å². The third-order valence-corrected chi connectivity index (χ3v) is 6.18. The van der Waals surface area contributed by atoms with E-state index in [1.165, 1.54) is 11.3 Å². The van der Waals surface area contributed by atoms with Crippen LogP contribution in [0.4, 0.5) is 5.13 Å². The van der Waals surface area contributed by atoms with Crippen LogP contribution in [-0.4, -0.2) is 36.8 Å². The van der Waals surface area contributed by atoms with Gasteiger partial charge < -0.3 is 9.47 Å². The maximum atomic E-state index is 13.1. The average Bonchev–Trinajstić information content (AvgIpc) is 3.34. The summed E-state index contributed by atoms with van der Waals surface area (Å²) in [6.45, 7) is 5.13. The van der Waals surface area contributed by atoms with E-state index in [9.17, 15) is 4.79 Å². The quantitative estimate of drug-likeness (QED) is 0.542. The van der Waals surface area contributed by atoms with Crippen molar-refractivity contribution >= 4 is 44.2 Å². The lowest BCUT2D eigenvalue weighted by atomic mass is 10.2. The van der Waals surface area contributed by atoms with Crippen LogP contribution in [0, 0.1) is 13.8 Å². The zero-order valence-corrected chi connectivity index (χ0v) is 18.1. The van der Waals surface area contributed by atoms with E-state index in [4.69, 9.17) is 26.1 Å². The van der Waals surface area contributed by atoms with Crippen molar-refractivity contribution in [3.8, 4) is 5.75 Å². The van der Waals surface area contributed by atoms with Crippen LogP contribution in [0.5, 0.6) is 5.75 Å². The minimum absolute atomic E-state index is 0.0228. The van der Waals surface area contributed by atoms with Gasteiger partial charge in [0.2, 0.25) is 0 Å². The minimum atomic E-state index is -0.134. The molecule has 5 nitrogen and oxygen atoms in total. The molecule has 29 heavy (non-hydrogen) atoms. The predicted molar refractivity (Wildman–Crippen MR) is 117 cm³/mol. The summed E-state index contributed by atoms with van der Waals surface area (Å²) >= 11 is 7.67. The molecule has 7 heteroatoms. The predicted octanol–water partition coefficient (Wildman–Crippen LogP) is 5.16. The molecule has 0 bridgehead atoms. The van der Waals surface area contributed by atoms with Crippen molar-refractivity contribution in [3.05, 3.63) is 52.5 Å². The molecule has 1 aromatic heterocycles. The van der Waals surface area contributed by atoms with Gasteiger partial charge in [0.05, 0.1) is 22.9 Å². The number of carbonyl (C=O) groups is 1. The zero-order valence-electron chi connectivity index (χ0n) is 16.5. The zero-order chi connectivity index (χ0) is 20.4. The Balaban J connectivity index is 1.58. The van der Waals surface area contributed by atoms with Crippen molar-refractivity contribution in [3.63, 3.8) is 0 Å². The van der Waals surface area contributed by atoms with E-state index in [1.54, 1.807) is 4.90 Å². The van der Waals surface area contributed by atoms with Crippen LogP contribution >= 0.6 is 22.9 Å². The second-order valence-electron chi connectivity index (χ2n) is 7.31.